The molecule has 0 aromatic heterocycles. The Morgan fingerprint density at radius 2 is 2.08 bits per heavy atom. The van der Waals surface area contributed by atoms with Crippen molar-refractivity contribution >= 4 is 39.9 Å². The number of carbonyl (C=O) groups excluding carboxylic acids is 2. The summed E-state index contributed by atoms with van der Waals surface area (Å²) < 4.78 is 4.61. The van der Waals surface area contributed by atoms with Gasteiger partial charge in [-0.2, -0.15) is 5.10 Å². The van der Waals surface area contributed by atoms with Gasteiger partial charge in [-0.05, 0) is 36.4 Å². The number of aliphatic imine (C=N–C) groups is 1. The summed E-state index contributed by atoms with van der Waals surface area (Å²) in [5.41, 5.74) is 0.811. The van der Waals surface area contributed by atoms with Crippen LogP contribution in [0.1, 0.15) is 19.8 Å². The molecular weight excluding hydrogens is 338 g/mol. The molecule has 0 atom stereocenters. The first kappa shape index (κ1) is 18.7. The van der Waals surface area contributed by atoms with Crippen molar-refractivity contribution in [1.82, 2.24) is 5.01 Å². The lowest BCUT2D eigenvalue weighted by Gasteiger charge is -2.11. The molecule has 1 saturated heterocycles. The van der Waals surface area contributed by atoms with Crippen molar-refractivity contribution in [3.8, 4) is 0 Å². The summed E-state index contributed by atoms with van der Waals surface area (Å²) in [6.07, 6.45) is 8.45. The predicted octanol–water partition coefficient (Wildman–Crippen LogP) is 3.65. The van der Waals surface area contributed by atoms with Gasteiger partial charge in [-0.1, -0.05) is 37.6 Å². The number of hydrogen-bond acceptors (Lipinski definition) is 6. The maximum atomic E-state index is 12.2. The van der Waals surface area contributed by atoms with Crippen molar-refractivity contribution < 1.29 is 14.3 Å². The van der Waals surface area contributed by atoms with Gasteiger partial charge in [0.1, 0.15) is 5.70 Å². The number of unbranched alkanes of at least 4 members (excludes halogenated alkanes) is 1. The minimum atomic E-state index is -0.619. The van der Waals surface area contributed by atoms with Gasteiger partial charge >= 0.3 is 5.97 Å². The zero-order valence-electron chi connectivity index (χ0n) is 14.1. The molecule has 0 N–H and O–H groups in total. The Bertz CT molecular complexity index is 739. The summed E-state index contributed by atoms with van der Waals surface area (Å²) in [5, 5.41) is 5.69. The van der Waals surface area contributed by atoms with Crippen molar-refractivity contribution in [1.29, 1.82) is 0 Å². The van der Waals surface area contributed by atoms with Crippen LogP contribution in [-0.2, 0) is 14.3 Å². The lowest BCUT2D eigenvalue weighted by molar-refractivity contribution is -0.135. The van der Waals surface area contributed by atoms with Crippen molar-refractivity contribution in [2.45, 2.75) is 19.8 Å². The van der Waals surface area contributed by atoms with Crippen LogP contribution in [0.3, 0.4) is 0 Å². The molecule has 7 heteroatoms. The molecule has 0 amide bonds. The van der Waals surface area contributed by atoms with Gasteiger partial charge in [0, 0.05) is 6.21 Å². The average molecular weight is 357 g/mol. The highest BCUT2D eigenvalue weighted by Crippen LogP contribution is 2.31. The first-order valence-corrected chi connectivity index (χ1v) is 8.62. The smallest absolute Gasteiger partial charge is 0.332 e. The zero-order chi connectivity index (χ0) is 18.1. The molecule has 1 aromatic rings. The van der Waals surface area contributed by atoms with Crippen LogP contribution in [0.15, 0.2) is 64.4 Å². The summed E-state index contributed by atoms with van der Waals surface area (Å²) in [6.45, 7) is 2.08. The number of amidine groups is 1. The Morgan fingerprint density at radius 3 is 2.76 bits per heavy atom. The lowest BCUT2D eigenvalue weighted by atomic mass is 10.3. The lowest BCUT2D eigenvalue weighted by Crippen LogP contribution is -2.18. The molecule has 1 heterocycles. The molecule has 130 valence electrons. The van der Waals surface area contributed by atoms with Crippen LogP contribution in [0.5, 0.6) is 0 Å². The number of hydrogen-bond donors (Lipinski definition) is 0. The number of ether oxygens (including phenoxy) is 1. The molecule has 1 fully saturated rings. The van der Waals surface area contributed by atoms with Crippen LogP contribution in [0.2, 0.25) is 0 Å². The Balaban J connectivity index is 2.34. The van der Waals surface area contributed by atoms with Gasteiger partial charge in [-0.25, -0.2) is 14.8 Å². The number of nitrogens with zero attached hydrogens (tertiary/aromatic N) is 3. The summed E-state index contributed by atoms with van der Waals surface area (Å²) in [7, 11) is 1.26. The van der Waals surface area contributed by atoms with Crippen molar-refractivity contribution in [3.63, 3.8) is 0 Å². The van der Waals surface area contributed by atoms with E-state index < -0.39 is 5.97 Å². The molecule has 1 aliphatic rings. The maximum absolute atomic E-state index is 12.2. The first-order valence-electron chi connectivity index (χ1n) is 7.80. The third-order valence-electron chi connectivity index (χ3n) is 3.10. The highest BCUT2D eigenvalue weighted by molar-refractivity contribution is 8.27. The van der Waals surface area contributed by atoms with E-state index in [1.54, 1.807) is 12.3 Å². The SMILES string of the molecule is CCC/C=C/C=N/N1C(=Nc2ccccc2)SC(=O)/C1=C\C(=O)OC. The topological polar surface area (TPSA) is 71.3 Å². The summed E-state index contributed by atoms with van der Waals surface area (Å²) in [6, 6.07) is 9.24. The van der Waals surface area contributed by atoms with Gasteiger partial charge in [0.25, 0.3) is 0 Å². The van der Waals surface area contributed by atoms with Gasteiger partial charge in [0.2, 0.25) is 5.12 Å². The van der Waals surface area contributed by atoms with Crippen LogP contribution < -0.4 is 0 Å². The van der Waals surface area contributed by atoms with Gasteiger partial charge in [0.05, 0.1) is 18.9 Å². The minimum absolute atomic E-state index is 0.117. The molecule has 0 unspecified atom stereocenters. The summed E-state index contributed by atoms with van der Waals surface area (Å²) >= 11 is 0.920. The Kier molecular flexibility index (Phi) is 7.16. The fraction of sp³-hybridized carbons (Fsp3) is 0.222. The monoisotopic (exact) mass is 357 g/mol. The fourth-order valence-corrected chi connectivity index (χ4v) is 2.68. The number of hydrazone groups is 1. The van der Waals surface area contributed by atoms with Gasteiger partial charge in [-0.15, -0.1) is 0 Å². The van der Waals surface area contributed by atoms with Crippen LogP contribution in [-0.4, -0.2) is 34.6 Å². The van der Waals surface area contributed by atoms with Gasteiger partial charge < -0.3 is 4.74 Å². The van der Waals surface area contributed by atoms with Crippen molar-refractivity contribution in [3.05, 3.63) is 54.3 Å². The second kappa shape index (κ2) is 9.58. The van der Waals surface area contributed by atoms with E-state index in [0.717, 1.165) is 30.7 Å². The van der Waals surface area contributed by atoms with Crippen molar-refractivity contribution in [2.75, 3.05) is 7.11 Å². The second-order valence-corrected chi connectivity index (χ2v) is 5.91. The third kappa shape index (κ3) is 5.42. The molecule has 0 bridgehead atoms. The number of thioether (sulfide) groups is 1. The van der Waals surface area contributed by atoms with Crippen LogP contribution in [0.25, 0.3) is 0 Å². The molecule has 1 aliphatic heterocycles. The summed E-state index contributed by atoms with van der Waals surface area (Å²) in [5.74, 6) is -0.619. The van der Waals surface area contributed by atoms with Crippen LogP contribution in [0, 0.1) is 0 Å². The van der Waals surface area contributed by atoms with E-state index in [-0.39, 0.29) is 10.8 Å². The molecule has 0 spiro atoms. The molecule has 0 saturated carbocycles. The number of carbonyl (C=O) groups is 2. The Labute approximate surface area is 151 Å². The van der Waals surface area contributed by atoms with E-state index in [1.165, 1.54) is 12.1 Å². The molecule has 0 aliphatic carbocycles. The highest BCUT2D eigenvalue weighted by Gasteiger charge is 2.34. The normalized spacial score (nSPS) is 18.2. The van der Waals surface area contributed by atoms with E-state index in [2.05, 4.69) is 21.8 Å². The number of methoxy groups -OCH3 is 1. The quantitative estimate of drug-likeness (QED) is 0.441. The van der Waals surface area contributed by atoms with Crippen LogP contribution >= 0.6 is 11.8 Å². The molecule has 25 heavy (non-hydrogen) atoms. The van der Waals surface area contributed by atoms with E-state index in [1.807, 2.05) is 36.4 Å². The molecule has 0 radical (unpaired) electrons. The largest absolute Gasteiger partial charge is 0.466 e. The van der Waals surface area contributed by atoms with Crippen molar-refractivity contribution in [2.24, 2.45) is 10.1 Å². The standard InChI is InChI=1S/C18H19N3O3S/c1-3-4-5-9-12-19-21-15(13-16(22)24-2)17(23)25-18(21)20-14-10-7-6-8-11-14/h5-13H,3-4H2,1-2H3/b9-5+,15-13+,19-12+,20-18?. The van der Waals surface area contributed by atoms with Gasteiger partial charge in [-0.3, -0.25) is 4.79 Å². The molecule has 1 aromatic carbocycles. The molecule has 6 nitrogen and oxygen atoms in total. The van der Waals surface area contributed by atoms with E-state index in [9.17, 15) is 9.59 Å². The number of benzene rings is 1. The molecule has 2 rings (SSSR count). The number of allylic oxidation sites excluding steroid dienone is 2. The first-order chi connectivity index (χ1) is 12.2. The van der Waals surface area contributed by atoms with E-state index in [4.69, 9.17) is 0 Å². The Morgan fingerprint density at radius 1 is 1.32 bits per heavy atom. The van der Waals surface area contributed by atoms with E-state index in [0.29, 0.717) is 10.9 Å². The predicted molar refractivity (Wildman–Crippen MR) is 101 cm³/mol. The van der Waals surface area contributed by atoms with Gasteiger partial charge in [0.15, 0.2) is 5.17 Å². The zero-order valence-corrected chi connectivity index (χ0v) is 14.9. The van der Waals surface area contributed by atoms with E-state index >= 15 is 0 Å². The van der Waals surface area contributed by atoms with Crippen LogP contribution in [0.4, 0.5) is 5.69 Å². The Hall–Kier alpha value is -2.67. The maximum Gasteiger partial charge on any atom is 0.332 e. The number of esters is 1. The third-order valence-corrected chi connectivity index (χ3v) is 3.94. The highest BCUT2D eigenvalue weighted by atomic mass is 32.2. The second-order valence-electron chi connectivity index (χ2n) is 4.97. The summed E-state index contributed by atoms with van der Waals surface area (Å²) in [4.78, 5) is 28.2. The number of rotatable bonds is 6. The number of para-hydroxylation sites is 1. The average Bonchev–Trinajstić information content (AvgIpc) is 2.90. The molecular formula is C18H19N3O3S. The minimum Gasteiger partial charge on any atom is -0.466 e. The fourth-order valence-electron chi connectivity index (χ4n) is 1.88.